The Hall–Kier alpha value is -5.56. The van der Waals surface area contributed by atoms with Crippen LogP contribution < -0.4 is 53.6 Å². The lowest BCUT2D eigenvalue weighted by molar-refractivity contribution is -0.141. The molecule has 0 aromatic heterocycles. The SMILES string of the molecule is CC(=O)[C@@H]1CSCC(=O)N[C@@H](C)C(=O)N[C@H]2CSSC[C@H](NC(=O)[C@H](CC(=O)O)NC(=O)CNC(=O)[C@H](CCCNC(=N)N)NC2=O)C(=O)N[C@@H](Cc2ccccc2)C(=O)N1. The van der Waals surface area contributed by atoms with Gasteiger partial charge in [-0.2, -0.15) is 0 Å². The van der Waals surface area contributed by atoms with E-state index >= 15 is 0 Å². The van der Waals surface area contributed by atoms with Crippen molar-refractivity contribution in [3.8, 4) is 0 Å². The van der Waals surface area contributed by atoms with Crippen LogP contribution in [-0.4, -0.2) is 148 Å². The highest BCUT2D eigenvalue weighted by molar-refractivity contribution is 8.76. The molecular weight excluding hydrogens is 859 g/mol. The van der Waals surface area contributed by atoms with Crippen molar-refractivity contribution in [3.05, 3.63) is 35.9 Å². The van der Waals surface area contributed by atoms with Crippen molar-refractivity contribution < 1.29 is 53.1 Å². The molecule has 2 aliphatic heterocycles. The Morgan fingerprint density at radius 3 is 1.97 bits per heavy atom. The molecule has 25 heteroatoms. The number of aliphatic carboxylic acids is 1. The van der Waals surface area contributed by atoms with Gasteiger partial charge < -0.3 is 58.7 Å². The van der Waals surface area contributed by atoms with Crippen LogP contribution in [0, 0.1) is 5.41 Å². The number of ketones is 1. The van der Waals surface area contributed by atoms with Crippen molar-refractivity contribution in [1.29, 1.82) is 5.41 Å². The van der Waals surface area contributed by atoms with E-state index in [4.69, 9.17) is 11.1 Å². The van der Waals surface area contributed by atoms with Gasteiger partial charge >= 0.3 is 5.97 Å². The Morgan fingerprint density at radius 2 is 1.36 bits per heavy atom. The van der Waals surface area contributed by atoms with Crippen LogP contribution in [-0.2, 0) is 54.4 Å². The second-order valence-corrected chi connectivity index (χ2v) is 17.5. The van der Waals surface area contributed by atoms with E-state index in [1.807, 2.05) is 0 Å². The largest absolute Gasteiger partial charge is 0.481 e. The molecule has 8 amide bonds. The molecule has 0 spiro atoms. The Balaban J connectivity index is 2.08. The minimum Gasteiger partial charge on any atom is -0.481 e. The molecule has 3 rings (SSSR count). The number of benzene rings is 1. The third kappa shape index (κ3) is 17.9. The number of nitrogens with two attached hydrogens (primary N) is 1. The van der Waals surface area contributed by atoms with Crippen molar-refractivity contribution >= 4 is 98.3 Å². The summed E-state index contributed by atoms with van der Waals surface area (Å²) < 4.78 is 0. The first-order valence-corrected chi connectivity index (χ1v) is 22.6. The number of fused-ring (bicyclic) bond motifs is 5. The lowest BCUT2D eigenvalue weighted by Gasteiger charge is -2.26. The zero-order valence-corrected chi connectivity index (χ0v) is 35.8. The fourth-order valence-electron chi connectivity index (χ4n) is 5.64. The van der Waals surface area contributed by atoms with Gasteiger partial charge in [0.25, 0.3) is 0 Å². The maximum Gasteiger partial charge on any atom is 0.305 e. The van der Waals surface area contributed by atoms with E-state index in [-0.39, 0.29) is 54.8 Å². The summed E-state index contributed by atoms with van der Waals surface area (Å²) in [5.41, 5.74) is 5.97. The number of amides is 8. The van der Waals surface area contributed by atoms with Crippen LogP contribution in [0.2, 0.25) is 0 Å². The molecule has 61 heavy (non-hydrogen) atoms. The molecular formula is C36H51N11O11S3. The van der Waals surface area contributed by atoms with Crippen LogP contribution in [0.4, 0.5) is 0 Å². The second-order valence-electron chi connectivity index (χ2n) is 13.9. The average Bonchev–Trinajstić information content (AvgIpc) is 3.19. The summed E-state index contributed by atoms with van der Waals surface area (Å²) in [6.45, 7) is 1.97. The van der Waals surface area contributed by atoms with E-state index in [0.717, 1.165) is 33.3 Å². The Labute approximate surface area is 363 Å². The van der Waals surface area contributed by atoms with Gasteiger partial charge in [0.15, 0.2) is 11.7 Å². The van der Waals surface area contributed by atoms with Crippen LogP contribution in [0.3, 0.4) is 0 Å². The maximum absolute atomic E-state index is 14.1. The van der Waals surface area contributed by atoms with Gasteiger partial charge in [-0.25, -0.2) is 0 Å². The van der Waals surface area contributed by atoms with Gasteiger partial charge in [0.05, 0.1) is 24.8 Å². The van der Waals surface area contributed by atoms with Gasteiger partial charge in [0.2, 0.25) is 47.3 Å². The average molecular weight is 910 g/mol. The molecule has 2 fully saturated rings. The highest BCUT2D eigenvalue weighted by Gasteiger charge is 2.34. The van der Waals surface area contributed by atoms with Crippen molar-refractivity contribution in [3.63, 3.8) is 0 Å². The smallest absolute Gasteiger partial charge is 0.305 e. The van der Waals surface area contributed by atoms with Crippen molar-refractivity contribution in [1.82, 2.24) is 47.9 Å². The molecule has 2 saturated heterocycles. The summed E-state index contributed by atoms with van der Waals surface area (Å²) in [5.74, 6) is -9.81. The molecule has 13 N–H and O–H groups in total. The molecule has 334 valence electrons. The number of carbonyl (C=O) groups excluding carboxylic acids is 9. The lowest BCUT2D eigenvalue weighted by atomic mass is 10.0. The first-order chi connectivity index (χ1) is 28.9. The van der Waals surface area contributed by atoms with Gasteiger partial charge in [-0.1, -0.05) is 51.9 Å². The monoisotopic (exact) mass is 909 g/mol. The number of carboxylic acids is 1. The van der Waals surface area contributed by atoms with E-state index in [1.165, 1.54) is 13.8 Å². The summed E-state index contributed by atoms with van der Waals surface area (Å²) >= 11 is 0.989. The van der Waals surface area contributed by atoms with Gasteiger partial charge in [-0.05, 0) is 32.3 Å². The summed E-state index contributed by atoms with van der Waals surface area (Å²) in [4.78, 5) is 132. The predicted molar refractivity (Wildman–Crippen MR) is 227 cm³/mol. The molecule has 0 radical (unpaired) electrons. The second kappa shape index (κ2) is 25.3. The molecule has 2 bridgehead atoms. The highest BCUT2D eigenvalue weighted by atomic mass is 33.1. The first kappa shape index (κ1) is 49.8. The number of Topliss-reactive ketones (excluding diaryl/α,β-unsaturated/α-hetero) is 1. The number of carbonyl (C=O) groups is 10. The van der Waals surface area contributed by atoms with Crippen LogP contribution in [0.15, 0.2) is 30.3 Å². The van der Waals surface area contributed by atoms with Crippen LogP contribution in [0.25, 0.3) is 0 Å². The van der Waals surface area contributed by atoms with Gasteiger partial charge in [0, 0.05) is 30.2 Å². The third-order valence-electron chi connectivity index (χ3n) is 8.90. The molecule has 1 aromatic carbocycles. The van der Waals surface area contributed by atoms with Gasteiger partial charge in [0.1, 0.15) is 36.3 Å². The quantitative estimate of drug-likeness (QED) is 0.0490. The standard InChI is InChI=1S/C36H51N11O11S3/c1-18-30(53)46-25-15-60-61-16-26(35(58)44-22(11-20-7-4-3-5-8-20)32(55)45-24(19(2)48)14-59-17-28(50)41-18)47-33(56)23(12-29(51)52)42-27(49)13-40-31(54)21(43-34(25)57)9-6-10-39-36(37)38/h3-5,7-8,18,21-26H,6,9-17H2,1-2H3,(H,40,54)(H,41,50)(H,42,49)(H,43,57)(H,44,58)(H,45,55)(H,46,53)(H,47,56)(H,51,52)(H4,37,38,39)/t18-,21-,22-,23-,24-,25-,26-/m0/s1. The molecule has 1 aromatic rings. The fourth-order valence-corrected chi connectivity index (χ4v) is 8.91. The number of hydrogen-bond donors (Lipinski definition) is 12. The van der Waals surface area contributed by atoms with E-state index in [0.29, 0.717) is 5.56 Å². The number of hydrogen-bond acceptors (Lipinski definition) is 14. The summed E-state index contributed by atoms with van der Waals surface area (Å²) in [6.07, 6.45) is -0.834. The summed E-state index contributed by atoms with van der Waals surface area (Å²) in [6, 6.07) is -0.898. The number of rotatable bonds is 9. The Morgan fingerprint density at radius 1 is 0.754 bits per heavy atom. The van der Waals surface area contributed by atoms with Crippen LogP contribution in [0.5, 0.6) is 0 Å². The molecule has 22 nitrogen and oxygen atoms in total. The number of guanidine groups is 1. The highest BCUT2D eigenvalue weighted by Crippen LogP contribution is 2.24. The van der Waals surface area contributed by atoms with E-state index < -0.39 is 114 Å². The van der Waals surface area contributed by atoms with Crippen molar-refractivity contribution in [2.75, 3.05) is 36.1 Å². The van der Waals surface area contributed by atoms with Gasteiger partial charge in [-0.15, -0.1) is 11.8 Å². The molecule has 0 saturated carbocycles. The predicted octanol–water partition coefficient (Wildman–Crippen LogP) is -3.77. The normalized spacial score (nSPS) is 25.8. The fraction of sp³-hybridized carbons (Fsp3) is 0.528. The number of thioether (sulfide) groups is 1. The van der Waals surface area contributed by atoms with Crippen molar-refractivity contribution in [2.24, 2.45) is 5.73 Å². The summed E-state index contributed by atoms with van der Waals surface area (Å²) in [7, 11) is 1.93. The zero-order chi connectivity index (χ0) is 45.1. The van der Waals surface area contributed by atoms with E-state index in [1.54, 1.807) is 30.3 Å². The number of nitrogens with one attached hydrogen (secondary N) is 10. The van der Waals surface area contributed by atoms with E-state index in [9.17, 15) is 53.1 Å². The van der Waals surface area contributed by atoms with Gasteiger partial charge in [-0.3, -0.25) is 53.4 Å². The zero-order valence-electron chi connectivity index (χ0n) is 33.3. The first-order valence-electron chi connectivity index (χ1n) is 19.0. The summed E-state index contributed by atoms with van der Waals surface area (Å²) in [5, 5.41) is 39.5. The molecule has 0 aliphatic carbocycles. The van der Waals surface area contributed by atoms with E-state index in [2.05, 4.69) is 47.9 Å². The maximum atomic E-state index is 14.1. The Kier molecular flexibility index (Phi) is 20.6. The number of carboxylic acid groups (broad SMARTS) is 1. The molecule has 2 heterocycles. The van der Waals surface area contributed by atoms with Crippen LogP contribution >= 0.6 is 33.3 Å². The van der Waals surface area contributed by atoms with Crippen LogP contribution in [0.1, 0.15) is 38.7 Å². The minimum atomic E-state index is -1.74. The Bertz CT molecular complexity index is 1810. The minimum absolute atomic E-state index is 0.0409. The molecule has 2 aliphatic rings. The topological polar surface area (TPSA) is 349 Å². The molecule has 0 unspecified atom stereocenters. The third-order valence-corrected chi connectivity index (χ3v) is 12.4. The molecule has 7 atom stereocenters. The lowest BCUT2D eigenvalue weighted by Crippen LogP contribution is -2.59. The van der Waals surface area contributed by atoms with Crippen molar-refractivity contribution in [2.45, 2.75) is 81.8 Å².